The second-order valence-electron chi connectivity index (χ2n) is 5.89. The van der Waals surface area contributed by atoms with Crippen LogP contribution >= 0.6 is 23.2 Å². The van der Waals surface area contributed by atoms with Crippen LogP contribution < -0.4 is 0 Å². The molecular formula is C19H20Cl2. The van der Waals surface area contributed by atoms with Crippen LogP contribution in [0.15, 0.2) is 48.5 Å². The molecular weight excluding hydrogens is 299 g/mol. The summed E-state index contributed by atoms with van der Waals surface area (Å²) in [4.78, 5) is 0. The lowest BCUT2D eigenvalue weighted by molar-refractivity contribution is 0.443. The Kier molecular flexibility index (Phi) is 4.87. The zero-order valence-corrected chi connectivity index (χ0v) is 13.6. The van der Waals surface area contributed by atoms with Crippen molar-refractivity contribution in [2.75, 3.05) is 0 Å². The van der Waals surface area contributed by atoms with Gasteiger partial charge in [-0.2, -0.15) is 0 Å². The summed E-state index contributed by atoms with van der Waals surface area (Å²) in [6.45, 7) is 0. The van der Waals surface area contributed by atoms with E-state index in [9.17, 15) is 0 Å². The fourth-order valence-corrected chi connectivity index (χ4v) is 3.87. The van der Waals surface area contributed by atoms with E-state index in [4.69, 9.17) is 23.2 Å². The number of rotatable bonds is 3. The highest BCUT2D eigenvalue weighted by Gasteiger charge is 2.17. The van der Waals surface area contributed by atoms with Crippen LogP contribution in [-0.2, 0) is 0 Å². The van der Waals surface area contributed by atoms with E-state index in [-0.39, 0.29) is 5.38 Å². The molecule has 0 N–H and O–H groups in total. The van der Waals surface area contributed by atoms with E-state index in [2.05, 4.69) is 24.3 Å². The van der Waals surface area contributed by atoms with Gasteiger partial charge in [0.2, 0.25) is 0 Å². The van der Waals surface area contributed by atoms with Crippen molar-refractivity contribution in [3.05, 3.63) is 70.2 Å². The molecule has 2 aromatic carbocycles. The summed E-state index contributed by atoms with van der Waals surface area (Å²) >= 11 is 12.8. The second kappa shape index (κ2) is 6.85. The van der Waals surface area contributed by atoms with Gasteiger partial charge in [0, 0.05) is 5.02 Å². The summed E-state index contributed by atoms with van der Waals surface area (Å²) < 4.78 is 0. The molecule has 1 unspecified atom stereocenters. The van der Waals surface area contributed by atoms with Gasteiger partial charge in [-0.3, -0.25) is 0 Å². The highest BCUT2D eigenvalue weighted by molar-refractivity contribution is 6.33. The van der Waals surface area contributed by atoms with Crippen LogP contribution in [0.1, 0.15) is 60.1 Å². The normalized spacial score (nSPS) is 17.6. The third kappa shape index (κ3) is 3.44. The fraction of sp³-hybridized carbons (Fsp3) is 0.368. The highest BCUT2D eigenvalue weighted by Crippen LogP contribution is 2.36. The van der Waals surface area contributed by atoms with Gasteiger partial charge in [-0.1, -0.05) is 73.3 Å². The average molecular weight is 319 g/mol. The van der Waals surface area contributed by atoms with E-state index < -0.39 is 0 Å². The molecule has 0 aliphatic heterocycles. The van der Waals surface area contributed by atoms with Crippen molar-refractivity contribution in [1.82, 2.24) is 0 Å². The minimum absolute atomic E-state index is 0.181. The second-order valence-corrected chi connectivity index (χ2v) is 6.73. The van der Waals surface area contributed by atoms with Gasteiger partial charge in [-0.05, 0) is 41.5 Å². The third-order valence-electron chi connectivity index (χ3n) is 4.48. The molecule has 0 aromatic heterocycles. The maximum atomic E-state index is 6.59. The lowest BCUT2D eigenvalue weighted by atomic mass is 9.84. The molecule has 1 fully saturated rings. The van der Waals surface area contributed by atoms with Crippen molar-refractivity contribution >= 4 is 23.2 Å². The van der Waals surface area contributed by atoms with Gasteiger partial charge in [-0.15, -0.1) is 11.6 Å². The number of hydrogen-bond donors (Lipinski definition) is 0. The summed E-state index contributed by atoms with van der Waals surface area (Å²) in [5.74, 6) is 0.738. The Balaban J connectivity index is 1.79. The molecule has 0 bridgehead atoms. The number of benzene rings is 2. The van der Waals surface area contributed by atoms with Gasteiger partial charge in [0.1, 0.15) is 0 Å². The first-order chi connectivity index (χ1) is 10.3. The van der Waals surface area contributed by atoms with E-state index >= 15 is 0 Å². The van der Waals surface area contributed by atoms with Gasteiger partial charge in [0.15, 0.2) is 0 Å². The monoisotopic (exact) mass is 318 g/mol. The molecule has 0 nitrogen and oxygen atoms in total. The smallest absolute Gasteiger partial charge is 0.0849 e. The summed E-state index contributed by atoms with van der Waals surface area (Å²) in [6, 6.07) is 16.6. The average Bonchev–Trinajstić information content (AvgIpc) is 2.56. The lowest BCUT2D eigenvalue weighted by Crippen LogP contribution is -2.04. The predicted octanol–water partition coefficient (Wildman–Crippen LogP) is 6.72. The molecule has 2 aromatic rings. The van der Waals surface area contributed by atoms with Gasteiger partial charge in [-0.25, -0.2) is 0 Å². The van der Waals surface area contributed by atoms with Crippen LogP contribution in [0.4, 0.5) is 0 Å². The summed E-state index contributed by atoms with van der Waals surface area (Å²) in [6.07, 6.45) is 6.78. The summed E-state index contributed by atoms with van der Waals surface area (Å²) in [5.41, 5.74) is 3.55. The molecule has 1 aliphatic carbocycles. The quantitative estimate of drug-likeness (QED) is 0.551. The molecule has 3 rings (SSSR count). The Labute approximate surface area is 137 Å². The molecule has 1 aliphatic rings. The number of halogens is 2. The van der Waals surface area contributed by atoms with E-state index in [1.54, 1.807) is 0 Å². The topological polar surface area (TPSA) is 0 Å². The molecule has 21 heavy (non-hydrogen) atoms. The number of alkyl halides is 1. The standard InChI is InChI=1S/C19H20Cl2/c20-18-9-5-4-8-17(18)19(21)16-12-10-15(11-13-16)14-6-2-1-3-7-14/h4-5,8-14,19H,1-3,6-7H2. The Bertz CT molecular complexity index is 583. The largest absolute Gasteiger partial charge is 0.113 e. The van der Waals surface area contributed by atoms with E-state index in [0.717, 1.165) is 22.1 Å². The Morgan fingerprint density at radius 1 is 0.857 bits per heavy atom. The zero-order valence-electron chi connectivity index (χ0n) is 12.1. The van der Waals surface area contributed by atoms with Gasteiger partial charge in [0.25, 0.3) is 0 Å². The molecule has 0 spiro atoms. The van der Waals surface area contributed by atoms with E-state index in [1.165, 1.54) is 37.7 Å². The molecule has 0 heterocycles. The lowest BCUT2D eigenvalue weighted by Gasteiger charge is -2.22. The minimum atomic E-state index is -0.181. The molecule has 0 amide bonds. The first kappa shape index (κ1) is 14.9. The number of hydrogen-bond acceptors (Lipinski definition) is 0. The van der Waals surface area contributed by atoms with Gasteiger partial charge >= 0.3 is 0 Å². The van der Waals surface area contributed by atoms with Crippen molar-refractivity contribution in [3.63, 3.8) is 0 Å². The minimum Gasteiger partial charge on any atom is -0.113 e. The summed E-state index contributed by atoms with van der Waals surface area (Å²) in [7, 11) is 0. The molecule has 0 radical (unpaired) electrons. The molecule has 110 valence electrons. The Morgan fingerprint density at radius 3 is 2.19 bits per heavy atom. The van der Waals surface area contributed by atoms with Gasteiger partial charge in [0.05, 0.1) is 5.38 Å². The van der Waals surface area contributed by atoms with Crippen LogP contribution in [-0.4, -0.2) is 0 Å². The molecule has 0 saturated heterocycles. The third-order valence-corrected chi connectivity index (χ3v) is 5.32. The van der Waals surface area contributed by atoms with Crippen molar-refractivity contribution in [2.45, 2.75) is 43.4 Å². The van der Waals surface area contributed by atoms with E-state index in [0.29, 0.717) is 0 Å². The SMILES string of the molecule is Clc1ccccc1C(Cl)c1ccc(C2CCCCC2)cc1. The maximum absolute atomic E-state index is 6.59. The highest BCUT2D eigenvalue weighted by atomic mass is 35.5. The Morgan fingerprint density at radius 2 is 1.52 bits per heavy atom. The van der Waals surface area contributed by atoms with Crippen LogP contribution in [0.3, 0.4) is 0 Å². The molecule has 1 atom stereocenters. The van der Waals surface area contributed by atoms with Crippen LogP contribution in [0.25, 0.3) is 0 Å². The zero-order chi connectivity index (χ0) is 14.7. The van der Waals surface area contributed by atoms with Crippen molar-refractivity contribution in [2.24, 2.45) is 0 Å². The van der Waals surface area contributed by atoms with Crippen molar-refractivity contribution in [1.29, 1.82) is 0 Å². The first-order valence-electron chi connectivity index (χ1n) is 7.74. The Hall–Kier alpha value is -0.980. The van der Waals surface area contributed by atoms with Crippen molar-refractivity contribution in [3.8, 4) is 0 Å². The predicted molar refractivity (Wildman–Crippen MR) is 91.4 cm³/mol. The van der Waals surface area contributed by atoms with Crippen molar-refractivity contribution < 1.29 is 0 Å². The van der Waals surface area contributed by atoms with Crippen LogP contribution in [0.2, 0.25) is 5.02 Å². The first-order valence-corrected chi connectivity index (χ1v) is 8.55. The fourth-order valence-electron chi connectivity index (χ4n) is 3.23. The summed E-state index contributed by atoms with van der Waals surface area (Å²) in [5, 5.41) is 0.549. The van der Waals surface area contributed by atoms with E-state index in [1.807, 2.05) is 24.3 Å². The van der Waals surface area contributed by atoms with Crippen LogP contribution in [0.5, 0.6) is 0 Å². The van der Waals surface area contributed by atoms with Gasteiger partial charge < -0.3 is 0 Å². The molecule has 2 heteroatoms. The maximum Gasteiger partial charge on any atom is 0.0849 e. The molecule has 1 saturated carbocycles. The van der Waals surface area contributed by atoms with Crippen LogP contribution in [0, 0.1) is 0 Å².